The molecule has 2 aliphatic rings. The Labute approximate surface area is 184 Å². The summed E-state index contributed by atoms with van der Waals surface area (Å²) in [5, 5.41) is 1.34. The summed E-state index contributed by atoms with van der Waals surface area (Å²) >= 11 is 0. The van der Waals surface area contributed by atoms with Gasteiger partial charge in [0.15, 0.2) is 12.5 Å². The van der Waals surface area contributed by atoms with E-state index < -0.39 is 49.3 Å². The minimum Gasteiger partial charge on any atom is -0.345 e. The molecule has 0 aliphatic carbocycles. The van der Waals surface area contributed by atoms with E-state index in [0.717, 1.165) is 11.0 Å². The summed E-state index contributed by atoms with van der Waals surface area (Å²) in [4.78, 5) is 15.2. The predicted octanol–water partition coefficient (Wildman–Crippen LogP) is -0.226. The van der Waals surface area contributed by atoms with E-state index >= 15 is 0 Å². The molecule has 3 unspecified atom stereocenters. The van der Waals surface area contributed by atoms with E-state index in [0.29, 0.717) is 6.29 Å². The number of hydrogen-bond acceptors (Lipinski definition) is 10. The zero-order chi connectivity index (χ0) is 23.8. The lowest BCUT2D eigenvalue weighted by atomic mass is 10.2. The molecule has 3 N–H and O–H groups in total. The van der Waals surface area contributed by atoms with Crippen molar-refractivity contribution in [3.8, 4) is 0 Å². The molecule has 0 aromatic heterocycles. The predicted molar refractivity (Wildman–Crippen MR) is 112 cm³/mol. The number of halogens is 1. The Morgan fingerprint density at radius 2 is 1.97 bits per heavy atom. The smallest absolute Gasteiger partial charge is 0.306 e. The minimum absolute atomic E-state index is 0.00328. The molecule has 15 heteroatoms. The second-order valence-corrected chi connectivity index (χ2v) is 10.5. The molecule has 2 heterocycles. The van der Waals surface area contributed by atoms with Crippen molar-refractivity contribution >= 4 is 37.9 Å². The fraction of sp³-hybridized carbons (Fsp3) is 0.471. The monoisotopic (exact) mass is 494 g/mol. The molecule has 1 fully saturated rings. The Hall–Kier alpha value is -2.30. The maximum atomic E-state index is 14.9. The topological polar surface area (TPSA) is 157 Å². The van der Waals surface area contributed by atoms with Gasteiger partial charge in [0.2, 0.25) is 5.50 Å². The largest absolute Gasteiger partial charge is 0.345 e. The van der Waals surface area contributed by atoms with Gasteiger partial charge in [-0.1, -0.05) is 0 Å². The van der Waals surface area contributed by atoms with Gasteiger partial charge in [-0.2, -0.15) is 16.8 Å². The highest BCUT2D eigenvalue weighted by Crippen LogP contribution is 2.33. The Bertz CT molecular complexity index is 1110. The fourth-order valence-corrected chi connectivity index (χ4v) is 4.74. The van der Waals surface area contributed by atoms with Crippen LogP contribution in [-0.2, 0) is 29.8 Å². The second kappa shape index (κ2) is 8.92. The standard InChI is InChI=1S/C17H23FN4O8S2/c1-11(31(24,25)26)19-8-13-9-22(16(10-23)30-13)12-3-4-15(14(18)7-12)21-6-5-20(2)17(21)32(27,28)29/h3-7,10-11,13,16-17,19H,8-9H2,1-2H3,(H,24,25,26)(H,27,28,29)/t11?,13-,16?,17?/m0/s1. The van der Waals surface area contributed by atoms with E-state index in [1.54, 1.807) is 0 Å². The first kappa shape index (κ1) is 24.3. The minimum atomic E-state index is -4.56. The highest BCUT2D eigenvalue weighted by molar-refractivity contribution is 7.86. The van der Waals surface area contributed by atoms with Crippen LogP contribution in [0.4, 0.5) is 15.8 Å². The zero-order valence-corrected chi connectivity index (χ0v) is 18.7. The molecule has 0 spiro atoms. The van der Waals surface area contributed by atoms with Crippen molar-refractivity contribution in [3.63, 3.8) is 0 Å². The molecule has 0 radical (unpaired) electrons. The maximum absolute atomic E-state index is 14.9. The van der Waals surface area contributed by atoms with Crippen molar-refractivity contribution in [2.24, 2.45) is 0 Å². The average molecular weight is 495 g/mol. The van der Waals surface area contributed by atoms with Crippen LogP contribution in [0.25, 0.3) is 0 Å². The fourth-order valence-electron chi connectivity index (χ4n) is 3.47. The van der Waals surface area contributed by atoms with Gasteiger partial charge < -0.3 is 19.4 Å². The van der Waals surface area contributed by atoms with Gasteiger partial charge in [-0.15, -0.1) is 0 Å². The van der Waals surface area contributed by atoms with Crippen LogP contribution < -0.4 is 15.1 Å². The van der Waals surface area contributed by atoms with E-state index in [1.807, 2.05) is 0 Å². The van der Waals surface area contributed by atoms with Crippen LogP contribution >= 0.6 is 0 Å². The Kier molecular flexibility index (Phi) is 6.78. The van der Waals surface area contributed by atoms with Crippen LogP contribution in [0.2, 0.25) is 0 Å². The van der Waals surface area contributed by atoms with Gasteiger partial charge in [0.25, 0.3) is 10.1 Å². The Morgan fingerprint density at radius 3 is 2.53 bits per heavy atom. The van der Waals surface area contributed by atoms with Crippen molar-refractivity contribution in [1.29, 1.82) is 0 Å². The van der Waals surface area contributed by atoms with Gasteiger partial charge in [-0.25, -0.2) is 4.39 Å². The molecule has 4 atom stereocenters. The summed E-state index contributed by atoms with van der Waals surface area (Å²) in [6.45, 7) is 1.37. The summed E-state index contributed by atoms with van der Waals surface area (Å²) in [7, 11) is -7.44. The third kappa shape index (κ3) is 5.02. The zero-order valence-electron chi connectivity index (χ0n) is 17.1. The normalized spacial score (nSPS) is 24.9. The van der Waals surface area contributed by atoms with Crippen LogP contribution in [-0.4, -0.2) is 80.5 Å². The molecule has 1 aromatic carbocycles. The quantitative estimate of drug-likeness (QED) is 0.323. The van der Waals surface area contributed by atoms with Crippen molar-refractivity contribution in [3.05, 3.63) is 36.4 Å². The Balaban J connectivity index is 1.78. The van der Waals surface area contributed by atoms with E-state index in [4.69, 9.17) is 9.29 Å². The highest BCUT2D eigenvalue weighted by Gasteiger charge is 2.38. The number of rotatable bonds is 8. The lowest BCUT2D eigenvalue weighted by molar-refractivity contribution is -0.117. The summed E-state index contributed by atoms with van der Waals surface area (Å²) < 4.78 is 84.6. The summed E-state index contributed by atoms with van der Waals surface area (Å²) in [6, 6.07) is 3.86. The number of carbonyl (C=O) groups is 1. The number of anilines is 2. The number of nitrogens with one attached hydrogen (secondary N) is 1. The lowest BCUT2D eigenvalue weighted by Gasteiger charge is -2.28. The van der Waals surface area contributed by atoms with E-state index in [-0.39, 0.29) is 24.5 Å². The molecule has 178 valence electrons. The molecule has 3 rings (SSSR count). The van der Waals surface area contributed by atoms with Crippen LogP contribution in [0, 0.1) is 5.82 Å². The third-order valence-corrected chi connectivity index (χ3v) is 7.24. The summed E-state index contributed by atoms with van der Waals surface area (Å²) in [5.41, 5.74) is -1.37. The van der Waals surface area contributed by atoms with Crippen molar-refractivity contribution in [2.75, 3.05) is 29.9 Å². The molecule has 0 bridgehead atoms. The molecule has 0 saturated carbocycles. The first-order valence-corrected chi connectivity index (χ1v) is 12.3. The molecular formula is C17H23FN4O8S2. The van der Waals surface area contributed by atoms with Crippen LogP contribution in [0.1, 0.15) is 6.92 Å². The number of hydrogen-bond donors (Lipinski definition) is 3. The molecule has 1 aromatic rings. The van der Waals surface area contributed by atoms with E-state index in [1.165, 1.54) is 48.3 Å². The summed E-state index contributed by atoms with van der Waals surface area (Å²) in [5.74, 6) is -0.803. The van der Waals surface area contributed by atoms with Crippen molar-refractivity contribution < 1.29 is 39.9 Å². The molecule has 32 heavy (non-hydrogen) atoms. The van der Waals surface area contributed by atoms with Gasteiger partial charge in [0.05, 0.1) is 11.8 Å². The van der Waals surface area contributed by atoms with Gasteiger partial charge in [0, 0.05) is 38.2 Å². The second-order valence-electron chi connectivity index (χ2n) is 7.35. The molecule has 1 saturated heterocycles. The summed E-state index contributed by atoms with van der Waals surface area (Å²) in [6.07, 6.45) is 1.49. The van der Waals surface area contributed by atoms with Gasteiger partial charge in [-0.3, -0.25) is 19.2 Å². The maximum Gasteiger partial charge on any atom is 0.306 e. The van der Waals surface area contributed by atoms with Gasteiger partial charge in [-0.05, 0) is 25.1 Å². The Morgan fingerprint density at radius 1 is 1.28 bits per heavy atom. The van der Waals surface area contributed by atoms with Crippen LogP contribution in [0.15, 0.2) is 30.6 Å². The third-order valence-electron chi connectivity index (χ3n) is 5.09. The first-order valence-electron chi connectivity index (χ1n) is 9.34. The van der Waals surface area contributed by atoms with Crippen LogP contribution in [0.5, 0.6) is 0 Å². The van der Waals surface area contributed by atoms with Gasteiger partial charge in [0.1, 0.15) is 11.2 Å². The van der Waals surface area contributed by atoms with Gasteiger partial charge >= 0.3 is 10.1 Å². The van der Waals surface area contributed by atoms with E-state index in [2.05, 4.69) is 5.32 Å². The first-order chi connectivity index (χ1) is 14.8. The van der Waals surface area contributed by atoms with Crippen molar-refractivity contribution in [1.82, 2.24) is 10.2 Å². The molecule has 0 amide bonds. The van der Waals surface area contributed by atoms with Crippen molar-refractivity contribution in [2.45, 2.75) is 30.1 Å². The van der Waals surface area contributed by atoms with E-state index in [9.17, 15) is 30.6 Å². The molecule has 12 nitrogen and oxygen atoms in total. The lowest BCUT2D eigenvalue weighted by Crippen LogP contribution is -2.43. The molecule has 2 aliphatic heterocycles. The average Bonchev–Trinajstić information content (AvgIpc) is 3.28. The molecular weight excluding hydrogens is 471 g/mol. The number of benzene rings is 1. The number of nitrogens with zero attached hydrogens (tertiary/aromatic N) is 3. The SMILES string of the molecule is CC(NC[C@H]1CN(c2ccc(N3C=CN(C)C3S(=O)(=O)O)c(F)c2)C(C=O)O1)S(=O)(=O)O. The number of carbonyl (C=O) groups excluding carboxylic acids is 1. The number of ether oxygens (including phenoxy) is 1. The number of aldehydes is 1. The van der Waals surface area contributed by atoms with Crippen LogP contribution in [0.3, 0.4) is 0 Å². The highest BCUT2D eigenvalue weighted by atomic mass is 32.2.